The fourth-order valence-corrected chi connectivity index (χ4v) is 5.72. The summed E-state index contributed by atoms with van der Waals surface area (Å²) in [5, 5.41) is 4.98. The second-order valence-electron chi connectivity index (χ2n) is 6.97. The SMILES string of the molecule is O=C(NCC12CC3CC(CC(C3)C1)C2)c1cscn1. The van der Waals surface area contributed by atoms with Gasteiger partial charge in [-0.25, -0.2) is 4.98 Å². The van der Waals surface area contributed by atoms with Crippen LogP contribution in [0.3, 0.4) is 0 Å². The highest BCUT2D eigenvalue weighted by atomic mass is 32.1. The van der Waals surface area contributed by atoms with Crippen molar-refractivity contribution in [2.24, 2.45) is 23.2 Å². The number of rotatable bonds is 3. The highest BCUT2D eigenvalue weighted by Crippen LogP contribution is 2.59. The van der Waals surface area contributed by atoms with E-state index < -0.39 is 0 Å². The Bertz CT molecular complexity index is 447. The summed E-state index contributed by atoms with van der Waals surface area (Å²) in [5.74, 6) is 2.85. The van der Waals surface area contributed by atoms with Crippen molar-refractivity contribution >= 4 is 17.2 Å². The summed E-state index contributed by atoms with van der Waals surface area (Å²) >= 11 is 1.48. The Kier molecular flexibility index (Phi) is 2.69. The average Bonchev–Trinajstić information content (AvgIpc) is 2.88. The lowest BCUT2D eigenvalue weighted by Gasteiger charge is -2.56. The molecule has 1 N–H and O–H groups in total. The summed E-state index contributed by atoms with van der Waals surface area (Å²) < 4.78 is 0. The number of aromatic nitrogens is 1. The molecule has 4 bridgehead atoms. The zero-order chi connectivity index (χ0) is 12.9. The number of thiazole rings is 1. The van der Waals surface area contributed by atoms with Crippen molar-refractivity contribution in [3.05, 3.63) is 16.6 Å². The fourth-order valence-electron chi connectivity index (χ4n) is 5.19. The van der Waals surface area contributed by atoms with Crippen LogP contribution in [0.4, 0.5) is 0 Å². The highest BCUT2D eigenvalue weighted by molar-refractivity contribution is 7.07. The Morgan fingerprint density at radius 2 is 1.89 bits per heavy atom. The maximum Gasteiger partial charge on any atom is 0.270 e. The molecule has 0 saturated heterocycles. The predicted molar refractivity (Wildman–Crippen MR) is 75.1 cm³/mol. The number of nitrogens with zero attached hydrogens (tertiary/aromatic N) is 1. The van der Waals surface area contributed by atoms with Crippen molar-refractivity contribution in [3.8, 4) is 0 Å². The molecular formula is C15H20N2OS. The first-order valence-corrected chi connectivity index (χ1v) is 8.33. The zero-order valence-electron chi connectivity index (χ0n) is 11.1. The van der Waals surface area contributed by atoms with Gasteiger partial charge < -0.3 is 5.32 Å². The van der Waals surface area contributed by atoms with Gasteiger partial charge >= 0.3 is 0 Å². The number of carbonyl (C=O) groups excluding carboxylic acids is 1. The van der Waals surface area contributed by atoms with Gasteiger partial charge in [0.2, 0.25) is 0 Å². The number of amides is 1. The lowest BCUT2D eigenvalue weighted by molar-refractivity contribution is -0.0503. The smallest absolute Gasteiger partial charge is 0.270 e. The Morgan fingerprint density at radius 3 is 2.42 bits per heavy atom. The second kappa shape index (κ2) is 4.30. The van der Waals surface area contributed by atoms with E-state index in [-0.39, 0.29) is 5.91 Å². The van der Waals surface area contributed by atoms with Crippen LogP contribution in [0.2, 0.25) is 0 Å². The molecule has 0 spiro atoms. The molecule has 1 amide bonds. The maximum absolute atomic E-state index is 12.0. The summed E-state index contributed by atoms with van der Waals surface area (Å²) in [4.78, 5) is 16.1. The molecule has 0 radical (unpaired) electrons. The molecule has 4 heteroatoms. The maximum atomic E-state index is 12.0. The van der Waals surface area contributed by atoms with E-state index in [0.717, 1.165) is 24.3 Å². The molecule has 19 heavy (non-hydrogen) atoms. The van der Waals surface area contributed by atoms with Crippen LogP contribution in [0.5, 0.6) is 0 Å². The minimum absolute atomic E-state index is 0.0111. The summed E-state index contributed by atoms with van der Waals surface area (Å²) in [6, 6.07) is 0. The third-order valence-electron chi connectivity index (χ3n) is 5.45. The van der Waals surface area contributed by atoms with E-state index in [1.54, 1.807) is 5.51 Å². The zero-order valence-corrected chi connectivity index (χ0v) is 11.9. The molecule has 0 unspecified atom stereocenters. The van der Waals surface area contributed by atoms with Crippen LogP contribution < -0.4 is 5.32 Å². The van der Waals surface area contributed by atoms with Crippen LogP contribution in [0.15, 0.2) is 10.9 Å². The van der Waals surface area contributed by atoms with Gasteiger partial charge in [-0.2, -0.15) is 0 Å². The van der Waals surface area contributed by atoms with Gasteiger partial charge in [0.05, 0.1) is 5.51 Å². The third kappa shape index (κ3) is 2.10. The first-order chi connectivity index (χ1) is 9.22. The molecule has 4 fully saturated rings. The van der Waals surface area contributed by atoms with Crippen LogP contribution >= 0.6 is 11.3 Å². The Labute approximate surface area is 117 Å². The van der Waals surface area contributed by atoms with Crippen molar-refractivity contribution in [3.63, 3.8) is 0 Å². The molecule has 3 nitrogen and oxygen atoms in total. The topological polar surface area (TPSA) is 42.0 Å². The molecular weight excluding hydrogens is 256 g/mol. The van der Waals surface area contributed by atoms with Crippen LogP contribution in [0.1, 0.15) is 49.0 Å². The van der Waals surface area contributed by atoms with E-state index in [1.807, 2.05) is 5.38 Å². The molecule has 0 aliphatic heterocycles. The number of nitrogens with one attached hydrogen (secondary N) is 1. The number of hydrogen-bond donors (Lipinski definition) is 1. The predicted octanol–water partition coefficient (Wildman–Crippen LogP) is 3.09. The second-order valence-corrected chi connectivity index (χ2v) is 7.69. The first-order valence-electron chi connectivity index (χ1n) is 7.39. The van der Waals surface area contributed by atoms with Crippen LogP contribution in [-0.4, -0.2) is 17.4 Å². The van der Waals surface area contributed by atoms with Crippen LogP contribution in [0.25, 0.3) is 0 Å². The van der Waals surface area contributed by atoms with E-state index in [9.17, 15) is 4.79 Å². The molecule has 1 aromatic heterocycles. The molecule has 0 atom stereocenters. The van der Waals surface area contributed by atoms with Gasteiger partial charge in [-0.3, -0.25) is 4.79 Å². The van der Waals surface area contributed by atoms with Crippen LogP contribution in [0, 0.1) is 23.2 Å². The van der Waals surface area contributed by atoms with Gasteiger partial charge in [0.25, 0.3) is 5.91 Å². The van der Waals surface area contributed by atoms with Crippen molar-refractivity contribution in [2.45, 2.75) is 38.5 Å². The average molecular weight is 276 g/mol. The number of carbonyl (C=O) groups is 1. The summed E-state index contributed by atoms with van der Waals surface area (Å²) in [7, 11) is 0. The summed E-state index contributed by atoms with van der Waals surface area (Å²) in [5.41, 5.74) is 2.72. The van der Waals surface area contributed by atoms with Crippen molar-refractivity contribution in [2.75, 3.05) is 6.54 Å². The van der Waals surface area contributed by atoms with Crippen molar-refractivity contribution in [1.82, 2.24) is 10.3 Å². The van der Waals surface area contributed by atoms with E-state index in [4.69, 9.17) is 0 Å². The molecule has 5 rings (SSSR count). The van der Waals surface area contributed by atoms with E-state index >= 15 is 0 Å². The van der Waals surface area contributed by atoms with Crippen molar-refractivity contribution in [1.29, 1.82) is 0 Å². The third-order valence-corrected chi connectivity index (χ3v) is 6.04. The van der Waals surface area contributed by atoms with E-state index in [2.05, 4.69) is 10.3 Å². The lowest BCUT2D eigenvalue weighted by Crippen LogP contribution is -2.51. The molecule has 1 aromatic rings. The van der Waals surface area contributed by atoms with Gasteiger partial charge in [-0.05, 0) is 61.7 Å². The minimum Gasteiger partial charge on any atom is -0.350 e. The standard InChI is InChI=1S/C15H20N2OS/c18-14(13-7-19-9-17-13)16-8-15-4-10-1-11(5-15)3-12(2-10)6-15/h7,9-12H,1-6,8H2,(H,16,18). The largest absolute Gasteiger partial charge is 0.350 e. The van der Waals surface area contributed by atoms with Crippen molar-refractivity contribution < 1.29 is 4.79 Å². The normalized spacial score (nSPS) is 39.5. The molecule has 102 valence electrons. The van der Waals surface area contributed by atoms with E-state index in [0.29, 0.717) is 11.1 Å². The molecule has 0 aromatic carbocycles. The Morgan fingerprint density at radius 1 is 1.26 bits per heavy atom. The number of hydrogen-bond acceptors (Lipinski definition) is 3. The Balaban J connectivity index is 1.44. The molecule has 4 aliphatic carbocycles. The fraction of sp³-hybridized carbons (Fsp3) is 0.733. The summed E-state index contributed by atoms with van der Waals surface area (Å²) in [6.45, 7) is 0.868. The highest BCUT2D eigenvalue weighted by Gasteiger charge is 2.50. The van der Waals surface area contributed by atoms with Crippen LogP contribution in [-0.2, 0) is 0 Å². The molecule has 1 heterocycles. The van der Waals surface area contributed by atoms with Gasteiger partial charge in [0.15, 0.2) is 0 Å². The van der Waals surface area contributed by atoms with Gasteiger partial charge in [0, 0.05) is 11.9 Å². The first kappa shape index (κ1) is 11.9. The minimum atomic E-state index is 0.0111. The van der Waals surface area contributed by atoms with Gasteiger partial charge in [-0.1, -0.05) is 0 Å². The molecule has 4 saturated carbocycles. The van der Waals surface area contributed by atoms with Gasteiger partial charge in [-0.15, -0.1) is 11.3 Å². The molecule has 4 aliphatic rings. The van der Waals surface area contributed by atoms with E-state index in [1.165, 1.54) is 49.9 Å². The van der Waals surface area contributed by atoms with Gasteiger partial charge in [0.1, 0.15) is 5.69 Å². The Hall–Kier alpha value is -0.900. The lowest BCUT2D eigenvalue weighted by atomic mass is 9.49. The summed E-state index contributed by atoms with van der Waals surface area (Å²) in [6.07, 6.45) is 8.40. The quantitative estimate of drug-likeness (QED) is 0.921. The monoisotopic (exact) mass is 276 g/mol.